The van der Waals surface area contributed by atoms with Crippen molar-refractivity contribution in [1.29, 1.82) is 5.26 Å². The molecule has 19 heavy (non-hydrogen) atoms. The van der Waals surface area contributed by atoms with E-state index in [9.17, 15) is 8.42 Å². The van der Waals surface area contributed by atoms with Crippen LogP contribution in [-0.4, -0.2) is 49.8 Å². The number of hydrogen-bond donors (Lipinski definition) is 0. The van der Waals surface area contributed by atoms with Crippen LogP contribution < -0.4 is 0 Å². The third kappa shape index (κ3) is 3.09. The summed E-state index contributed by atoms with van der Waals surface area (Å²) in [6.45, 7) is 3.79. The number of nitrogens with zero attached hydrogens (tertiary/aromatic N) is 3. The second-order valence-electron chi connectivity index (χ2n) is 4.30. The van der Waals surface area contributed by atoms with E-state index in [1.807, 2.05) is 11.8 Å². The SMILES string of the molecule is CC(C#N)N1CCN(S(=O)(=O)c2ccc(Cl)s2)CC1. The van der Waals surface area contributed by atoms with Gasteiger partial charge in [-0.1, -0.05) is 11.6 Å². The van der Waals surface area contributed by atoms with Crippen molar-refractivity contribution in [1.82, 2.24) is 9.21 Å². The Bertz CT molecular complexity index is 585. The van der Waals surface area contributed by atoms with Crippen molar-refractivity contribution in [3.63, 3.8) is 0 Å². The Hall–Kier alpha value is -0.650. The summed E-state index contributed by atoms with van der Waals surface area (Å²) in [6.07, 6.45) is 0. The largest absolute Gasteiger partial charge is 0.286 e. The molecule has 5 nitrogen and oxygen atoms in total. The first-order chi connectivity index (χ1) is 8.95. The van der Waals surface area contributed by atoms with Crippen LogP contribution in [0.4, 0.5) is 0 Å². The minimum Gasteiger partial charge on any atom is -0.286 e. The molecule has 0 saturated carbocycles. The molecule has 0 aromatic carbocycles. The lowest BCUT2D eigenvalue weighted by atomic mass is 10.2. The molecule has 0 N–H and O–H groups in total. The summed E-state index contributed by atoms with van der Waals surface area (Å²) in [5.41, 5.74) is 0. The molecule has 0 amide bonds. The fourth-order valence-electron chi connectivity index (χ4n) is 1.98. The molecule has 1 aliphatic rings. The van der Waals surface area contributed by atoms with E-state index in [2.05, 4.69) is 6.07 Å². The highest BCUT2D eigenvalue weighted by molar-refractivity contribution is 7.91. The number of piperazine rings is 1. The molecule has 0 radical (unpaired) electrons. The predicted molar refractivity (Wildman–Crippen MR) is 74.7 cm³/mol. The van der Waals surface area contributed by atoms with Gasteiger partial charge in [-0.3, -0.25) is 4.90 Å². The molecule has 1 aliphatic heterocycles. The van der Waals surface area contributed by atoms with E-state index >= 15 is 0 Å². The monoisotopic (exact) mass is 319 g/mol. The third-order valence-corrected chi connectivity index (χ3v) is 6.75. The molecular formula is C11H14ClN3O2S2. The fraction of sp³-hybridized carbons (Fsp3) is 0.545. The van der Waals surface area contributed by atoms with E-state index in [0.29, 0.717) is 30.5 Å². The van der Waals surface area contributed by atoms with Gasteiger partial charge in [-0.25, -0.2) is 8.42 Å². The van der Waals surface area contributed by atoms with Crippen LogP contribution in [0, 0.1) is 11.3 Å². The summed E-state index contributed by atoms with van der Waals surface area (Å²) < 4.78 is 26.9. The third-order valence-electron chi connectivity index (χ3n) is 3.15. The van der Waals surface area contributed by atoms with Crippen LogP contribution >= 0.6 is 22.9 Å². The molecule has 1 aromatic heterocycles. The van der Waals surface area contributed by atoms with E-state index in [1.165, 1.54) is 10.4 Å². The zero-order valence-electron chi connectivity index (χ0n) is 10.4. The van der Waals surface area contributed by atoms with Gasteiger partial charge in [0, 0.05) is 26.2 Å². The number of sulfonamides is 1. The van der Waals surface area contributed by atoms with Crippen molar-refractivity contribution in [2.45, 2.75) is 17.2 Å². The minimum absolute atomic E-state index is 0.180. The number of nitriles is 1. The van der Waals surface area contributed by atoms with Gasteiger partial charge in [-0.05, 0) is 19.1 Å². The summed E-state index contributed by atoms with van der Waals surface area (Å²) in [6, 6.07) is 5.11. The molecule has 1 atom stereocenters. The number of hydrogen-bond acceptors (Lipinski definition) is 5. The van der Waals surface area contributed by atoms with Crippen molar-refractivity contribution < 1.29 is 8.42 Å². The Morgan fingerprint density at radius 3 is 2.47 bits per heavy atom. The molecular weight excluding hydrogens is 306 g/mol. The van der Waals surface area contributed by atoms with Crippen molar-refractivity contribution in [2.75, 3.05) is 26.2 Å². The highest BCUT2D eigenvalue weighted by atomic mass is 35.5. The summed E-state index contributed by atoms with van der Waals surface area (Å²) in [4.78, 5) is 1.98. The van der Waals surface area contributed by atoms with Gasteiger partial charge in [-0.15, -0.1) is 11.3 Å². The minimum atomic E-state index is -3.44. The summed E-state index contributed by atoms with van der Waals surface area (Å²) >= 11 is 6.85. The van der Waals surface area contributed by atoms with Gasteiger partial charge in [0.15, 0.2) is 0 Å². The quantitative estimate of drug-likeness (QED) is 0.849. The predicted octanol–water partition coefficient (Wildman–Crippen LogP) is 1.62. The van der Waals surface area contributed by atoms with Crippen LogP contribution in [0.15, 0.2) is 16.3 Å². The van der Waals surface area contributed by atoms with Crippen molar-refractivity contribution >= 4 is 33.0 Å². The molecule has 2 rings (SSSR count). The molecule has 2 heterocycles. The summed E-state index contributed by atoms with van der Waals surface area (Å²) in [7, 11) is -3.44. The van der Waals surface area contributed by atoms with E-state index in [0.717, 1.165) is 11.3 Å². The Morgan fingerprint density at radius 1 is 1.37 bits per heavy atom. The highest BCUT2D eigenvalue weighted by Crippen LogP contribution is 2.28. The van der Waals surface area contributed by atoms with Gasteiger partial charge in [0.25, 0.3) is 10.0 Å². The van der Waals surface area contributed by atoms with Crippen LogP contribution in [0.3, 0.4) is 0 Å². The Balaban J connectivity index is 2.08. The lowest BCUT2D eigenvalue weighted by Crippen LogP contribution is -2.50. The first-order valence-electron chi connectivity index (χ1n) is 5.84. The smallest absolute Gasteiger partial charge is 0.252 e. The van der Waals surface area contributed by atoms with Gasteiger partial charge in [0.1, 0.15) is 4.21 Å². The first kappa shape index (κ1) is 14.8. The Morgan fingerprint density at radius 2 is 2.00 bits per heavy atom. The second-order valence-corrected chi connectivity index (χ2v) is 8.18. The second kappa shape index (κ2) is 5.77. The van der Waals surface area contributed by atoms with E-state index in [4.69, 9.17) is 16.9 Å². The Kier molecular flexibility index (Phi) is 4.48. The van der Waals surface area contributed by atoms with Crippen LogP contribution in [-0.2, 0) is 10.0 Å². The summed E-state index contributed by atoms with van der Waals surface area (Å²) in [5.74, 6) is 0. The molecule has 8 heteroatoms. The maximum Gasteiger partial charge on any atom is 0.252 e. The van der Waals surface area contributed by atoms with Gasteiger partial charge in [0.05, 0.1) is 16.4 Å². The molecule has 1 fully saturated rings. The average molecular weight is 320 g/mol. The van der Waals surface area contributed by atoms with Crippen LogP contribution in [0.2, 0.25) is 4.34 Å². The maximum absolute atomic E-state index is 12.3. The van der Waals surface area contributed by atoms with E-state index in [1.54, 1.807) is 6.07 Å². The van der Waals surface area contributed by atoms with Gasteiger partial charge in [-0.2, -0.15) is 9.57 Å². The molecule has 0 bridgehead atoms. The molecule has 1 aromatic rings. The zero-order valence-corrected chi connectivity index (χ0v) is 12.8. The van der Waals surface area contributed by atoms with Crippen molar-refractivity contribution in [3.8, 4) is 6.07 Å². The van der Waals surface area contributed by atoms with E-state index in [-0.39, 0.29) is 10.3 Å². The fourth-order valence-corrected chi connectivity index (χ4v) is 5.04. The molecule has 1 unspecified atom stereocenters. The van der Waals surface area contributed by atoms with Gasteiger partial charge >= 0.3 is 0 Å². The van der Waals surface area contributed by atoms with Gasteiger partial charge in [0.2, 0.25) is 0 Å². The molecule has 0 aliphatic carbocycles. The first-order valence-corrected chi connectivity index (χ1v) is 8.48. The maximum atomic E-state index is 12.3. The highest BCUT2D eigenvalue weighted by Gasteiger charge is 2.30. The standard InChI is InChI=1S/C11H14ClN3O2S2/c1-9(8-13)14-4-6-15(7-5-14)19(16,17)11-3-2-10(12)18-11/h2-3,9H,4-7H2,1H3. The van der Waals surface area contributed by atoms with Crippen LogP contribution in [0.5, 0.6) is 0 Å². The molecule has 1 saturated heterocycles. The normalized spacial score (nSPS) is 20.1. The average Bonchev–Trinajstić information content (AvgIpc) is 2.85. The Labute approximate surface area is 122 Å². The van der Waals surface area contributed by atoms with Crippen molar-refractivity contribution in [2.24, 2.45) is 0 Å². The zero-order chi connectivity index (χ0) is 14.0. The number of thiophene rings is 1. The summed E-state index contributed by atoms with van der Waals surface area (Å²) in [5, 5.41) is 8.86. The number of halogens is 1. The molecule has 104 valence electrons. The van der Waals surface area contributed by atoms with Crippen molar-refractivity contribution in [3.05, 3.63) is 16.5 Å². The topological polar surface area (TPSA) is 64.4 Å². The molecule has 0 spiro atoms. The van der Waals surface area contributed by atoms with E-state index < -0.39 is 10.0 Å². The lowest BCUT2D eigenvalue weighted by molar-refractivity contribution is 0.170. The van der Waals surface area contributed by atoms with Crippen LogP contribution in [0.1, 0.15) is 6.92 Å². The lowest BCUT2D eigenvalue weighted by Gasteiger charge is -2.34. The van der Waals surface area contributed by atoms with Gasteiger partial charge < -0.3 is 0 Å². The number of rotatable bonds is 3. The van der Waals surface area contributed by atoms with Crippen LogP contribution in [0.25, 0.3) is 0 Å².